The third-order valence-corrected chi connectivity index (χ3v) is 3.57. The molecule has 0 spiro atoms. The number of nitrogens with one attached hydrogen (secondary N) is 1. The molecule has 2 rings (SSSR count). The molecule has 0 heterocycles. The zero-order valence-corrected chi connectivity index (χ0v) is 13.6. The van der Waals surface area contributed by atoms with E-state index in [-0.39, 0.29) is 18.7 Å². The van der Waals surface area contributed by atoms with Gasteiger partial charge in [0.25, 0.3) is 0 Å². The van der Waals surface area contributed by atoms with Gasteiger partial charge in [0.2, 0.25) is 5.91 Å². The van der Waals surface area contributed by atoms with Gasteiger partial charge in [-0.1, -0.05) is 49.4 Å². The minimum Gasteiger partial charge on any atom is -0.489 e. The van der Waals surface area contributed by atoms with E-state index in [9.17, 15) is 14.7 Å². The molecule has 0 aromatic heterocycles. The Morgan fingerprint density at radius 2 is 1.71 bits per heavy atom. The molecule has 0 aliphatic rings. The van der Waals surface area contributed by atoms with E-state index in [2.05, 4.69) is 5.32 Å². The molecule has 5 nitrogen and oxygen atoms in total. The van der Waals surface area contributed by atoms with Gasteiger partial charge >= 0.3 is 5.97 Å². The standard InChI is InChI=1S/C19H21NO4/c1-2-18(21)20-17(19(22)23)12-14-8-10-16(11-9-14)24-13-15-6-4-3-5-7-15/h3-11,17H,2,12-13H2,1H3,(H,20,21)(H,22,23)/t17-/m0/s1. The third kappa shape index (κ3) is 5.43. The summed E-state index contributed by atoms with van der Waals surface area (Å²) in [4.78, 5) is 22.6. The molecule has 0 aliphatic heterocycles. The molecule has 0 aliphatic carbocycles. The van der Waals surface area contributed by atoms with Gasteiger partial charge in [-0.05, 0) is 23.3 Å². The van der Waals surface area contributed by atoms with Crippen LogP contribution in [0.4, 0.5) is 0 Å². The molecule has 2 N–H and O–H groups in total. The van der Waals surface area contributed by atoms with Gasteiger partial charge in [0.15, 0.2) is 0 Å². The Morgan fingerprint density at radius 3 is 2.29 bits per heavy atom. The number of carbonyl (C=O) groups excluding carboxylic acids is 1. The number of aliphatic carboxylic acids is 1. The number of hydrogen-bond acceptors (Lipinski definition) is 3. The second-order valence-electron chi connectivity index (χ2n) is 5.43. The van der Waals surface area contributed by atoms with E-state index in [1.165, 1.54) is 0 Å². The van der Waals surface area contributed by atoms with Gasteiger partial charge in [0.1, 0.15) is 18.4 Å². The molecule has 1 atom stereocenters. The smallest absolute Gasteiger partial charge is 0.326 e. The van der Waals surface area contributed by atoms with Gasteiger partial charge in [0, 0.05) is 12.8 Å². The summed E-state index contributed by atoms with van der Waals surface area (Å²) < 4.78 is 5.70. The van der Waals surface area contributed by atoms with E-state index in [1.54, 1.807) is 19.1 Å². The van der Waals surface area contributed by atoms with Gasteiger partial charge in [-0.15, -0.1) is 0 Å². The van der Waals surface area contributed by atoms with E-state index in [0.717, 1.165) is 11.1 Å². The maximum Gasteiger partial charge on any atom is 0.326 e. The van der Waals surface area contributed by atoms with Crippen molar-refractivity contribution in [2.24, 2.45) is 0 Å². The van der Waals surface area contributed by atoms with Crippen molar-refractivity contribution in [3.8, 4) is 5.75 Å². The van der Waals surface area contributed by atoms with Crippen molar-refractivity contribution in [3.63, 3.8) is 0 Å². The fourth-order valence-corrected chi connectivity index (χ4v) is 2.19. The van der Waals surface area contributed by atoms with E-state index < -0.39 is 12.0 Å². The van der Waals surface area contributed by atoms with Crippen LogP contribution in [0.15, 0.2) is 54.6 Å². The molecule has 2 aromatic carbocycles. The first kappa shape index (κ1) is 17.5. The van der Waals surface area contributed by atoms with Crippen LogP contribution >= 0.6 is 0 Å². The fraction of sp³-hybridized carbons (Fsp3) is 0.263. The van der Waals surface area contributed by atoms with E-state index in [0.29, 0.717) is 12.4 Å². The predicted octanol–water partition coefficient (Wildman–Crippen LogP) is 2.79. The zero-order valence-electron chi connectivity index (χ0n) is 13.6. The van der Waals surface area contributed by atoms with Gasteiger partial charge in [-0.3, -0.25) is 4.79 Å². The highest BCUT2D eigenvalue weighted by atomic mass is 16.5. The largest absolute Gasteiger partial charge is 0.489 e. The minimum atomic E-state index is -1.04. The van der Waals surface area contributed by atoms with Crippen molar-refractivity contribution in [3.05, 3.63) is 65.7 Å². The highest BCUT2D eigenvalue weighted by Gasteiger charge is 2.19. The van der Waals surface area contributed by atoms with Crippen LogP contribution in [0.3, 0.4) is 0 Å². The Balaban J connectivity index is 1.92. The molecular formula is C19H21NO4. The lowest BCUT2D eigenvalue weighted by Gasteiger charge is -2.14. The highest BCUT2D eigenvalue weighted by Crippen LogP contribution is 2.15. The summed E-state index contributed by atoms with van der Waals surface area (Å²) in [5, 5.41) is 11.7. The van der Waals surface area contributed by atoms with Gasteiger partial charge in [-0.25, -0.2) is 4.79 Å². The van der Waals surface area contributed by atoms with Crippen LogP contribution in [-0.4, -0.2) is 23.0 Å². The Hall–Kier alpha value is -2.82. The van der Waals surface area contributed by atoms with Crippen molar-refractivity contribution in [1.82, 2.24) is 5.32 Å². The molecule has 24 heavy (non-hydrogen) atoms. The fourth-order valence-electron chi connectivity index (χ4n) is 2.19. The van der Waals surface area contributed by atoms with Crippen LogP contribution in [0.2, 0.25) is 0 Å². The van der Waals surface area contributed by atoms with Crippen LogP contribution in [-0.2, 0) is 22.6 Å². The molecule has 0 saturated heterocycles. The lowest BCUT2D eigenvalue weighted by atomic mass is 10.1. The monoisotopic (exact) mass is 327 g/mol. The number of amides is 1. The van der Waals surface area contributed by atoms with Crippen LogP contribution in [0, 0.1) is 0 Å². The summed E-state index contributed by atoms with van der Waals surface area (Å²) in [7, 11) is 0. The Kier molecular flexibility index (Phi) is 6.37. The molecule has 126 valence electrons. The number of benzene rings is 2. The first-order valence-corrected chi connectivity index (χ1v) is 7.86. The van der Waals surface area contributed by atoms with Crippen LogP contribution in [0.1, 0.15) is 24.5 Å². The molecular weight excluding hydrogens is 306 g/mol. The normalized spacial score (nSPS) is 11.5. The second kappa shape index (κ2) is 8.72. The average molecular weight is 327 g/mol. The first-order valence-electron chi connectivity index (χ1n) is 7.86. The minimum absolute atomic E-state index is 0.236. The summed E-state index contributed by atoms with van der Waals surface area (Å²) in [6.07, 6.45) is 0.496. The number of rotatable bonds is 8. The molecule has 0 unspecified atom stereocenters. The number of carbonyl (C=O) groups is 2. The average Bonchev–Trinajstić information content (AvgIpc) is 2.61. The van der Waals surface area contributed by atoms with Crippen molar-refractivity contribution >= 4 is 11.9 Å². The molecule has 0 bridgehead atoms. The zero-order chi connectivity index (χ0) is 17.4. The third-order valence-electron chi connectivity index (χ3n) is 3.57. The van der Waals surface area contributed by atoms with E-state index in [4.69, 9.17) is 4.74 Å². The first-order chi connectivity index (χ1) is 11.6. The van der Waals surface area contributed by atoms with Crippen molar-refractivity contribution in [1.29, 1.82) is 0 Å². The maximum atomic E-state index is 11.4. The topological polar surface area (TPSA) is 75.6 Å². The second-order valence-corrected chi connectivity index (χ2v) is 5.43. The molecule has 2 aromatic rings. The molecule has 0 fully saturated rings. The lowest BCUT2D eigenvalue weighted by Crippen LogP contribution is -2.42. The van der Waals surface area contributed by atoms with Gasteiger partial charge < -0.3 is 15.2 Å². The molecule has 0 saturated carbocycles. The van der Waals surface area contributed by atoms with Crippen LogP contribution in [0.5, 0.6) is 5.75 Å². The molecule has 0 radical (unpaired) electrons. The predicted molar refractivity (Wildman–Crippen MR) is 90.8 cm³/mol. The Morgan fingerprint density at radius 1 is 1.04 bits per heavy atom. The van der Waals surface area contributed by atoms with E-state index in [1.807, 2.05) is 42.5 Å². The van der Waals surface area contributed by atoms with Gasteiger partial charge in [-0.2, -0.15) is 0 Å². The van der Waals surface area contributed by atoms with Gasteiger partial charge in [0.05, 0.1) is 0 Å². The van der Waals surface area contributed by atoms with Crippen molar-refractivity contribution in [2.45, 2.75) is 32.4 Å². The van der Waals surface area contributed by atoms with E-state index >= 15 is 0 Å². The number of carboxylic acid groups (broad SMARTS) is 1. The maximum absolute atomic E-state index is 11.4. The summed E-state index contributed by atoms with van der Waals surface area (Å²) in [6.45, 7) is 2.16. The van der Waals surface area contributed by atoms with Crippen molar-refractivity contribution < 1.29 is 19.4 Å². The summed E-state index contributed by atoms with van der Waals surface area (Å²) in [5.41, 5.74) is 1.90. The SMILES string of the molecule is CCC(=O)N[C@@H](Cc1ccc(OCc2ccccc2)cc1)C(=O)O. The quantitative estimate of drug-likeness (QED) is 0.782. The van der Waals surface area contributed by atoms with Crippen molar-refractivity contribution in [2.75, 3.05) is 0 Å². The molecule has 1 amide bonds. The Labute approximate surface area is 141 Å². The Bertz CT molecular complexity index is 668. The lowest BCUT2D eigenvalue weighted by molar-refractivity contribution is -0.141. The summed E-state index contributed by atoms with van der Waals surface area (Å²) in [5.74, 6) is -0.599. The summed E-state index contributed by atoms with van der Waals surface area (Å²) >= 11 is 0. The van der Waals surface area contributed by atoms with Crippen LogP contribution in [0.25, 0.3) is 0 Å². The number of hydrogen-bond donors (Lipinski definition) is 2. The molecule has 5 heteroatoms. The number of carboxylic acids is 1. The van der Waals surface area contributed by atoms with Crippen LogP contribution < -0.4 is 10.1 Å². The highest BCUT2D eigenvalue weighted by molar-refractivity contribution is 5.83. The number of ether oxygens (including phenoxy) is 1. The summed E-state index contributed by atoms with van der Waals surface area (Å²) in [6, 6.07) is 16.2.